The molecule has 0 bridgehead atoms. The van der Waals surface area contributed by atoms with E-state index in [1.165, 1.54) is 11.8 Å². The Morgan fingerprint density at radius 1 is 1.21 bits per heavy atom. The lowest BCUT2D eigenvalue weighted by Crippen LogP contribution is -2.41. The summed E-state index contributed by atoms with van der Waals surface area (Å²) in [6, 6.07) is 10.0. The van der Waals surface area contributed by atoms with Crippen molar-refractivity contribution >= 4 is 17.7 Å². The van der Waals surface area contributed by atoms with Crippen LogP contribution >= 0.6 is 11.8 Å². The second kappa shape index (κ2) is 8.30. The van der Waals surface area contributed by atoms with E-state index < -0.39 is 0 Å². The Hall–Kier alpha value is -1.86. The average Bonchev–Trinajstić information content (AvgIpc) is 3.04. The summed E-state index contributed by atoms with van der Waals surface area (Å²) in [7, 11) is 0. The van der Waals surface area contributed by atoms with Crippen LogP contribution in [0.2, 0.25) is 0 Å². The molecule has 0 unspecified atom stereocenters. The zero-order valence-electron chi connectivity index (χ0n) is 13.9. The molecule has 1 amide bonds. The number of benzene rings is 1. The number of hydrogen-bond acceptors (Lipinski definition) is 5. The lowest BCUT2D eigenvalue weighted by atomic mass is 10.2. The highest BCUT2D eigenvalue weighted by molar-refractivity contribution is 7.99. The van der Waals surface area contributed by atoms with Crippen molar-refractivity contribution in [2.24, 2.45) is 0 Å². The Morgan fingerprint density at radius 3 is 2.67 bits per heavy atom. The van der Waals surface area contributed by atoms with Gasteiger partial charge in [0.25, 0.3) is 0 Å². The van der Waals surface area contributed by atoms with Gasteiger partial charge in [0, 0.05) is 25.2 Å². The van der Waals surface area contributed by atoms with Gasteiger partial charge in [-0.05, 0) is 6.42 Å². The monoisotopic (exact) mass is 346 g/mol. The van der Waals surface area contributed by atoms with E-state index in [-0.39, 0.29) is 5.91 Å². The summed E-state index contributed by atoms with van der Waals surface area (Å²) in [4.78, 5) is 14.2. The Labute approximate surface area is 146 Å². The van der Waals surface area contributed by atoms with E-state index >= 15 is 0 Å². The van der Waals surface area contributed by atoms with Crippen molar-refractivity contribution in [1.82, 2.24) is 19.7 Å². The number of carbonyl (C=O) groups excluding carboxylic acids is 1. The van der Waals surface area contributed by atoms with Crippen molar-refractivity contribution in [3.05, 3.63) is 30.3 Å². The minimum absolute atomic E-state index is 0.135. The number of rotatable bonds is 6. The second-order valence-electron chi connectivity index (χ2n) is 5.61. The fraction of sp³-hybridized carbons (Fsp3) is 0.471. The van der Waals surface area contributed by atoms with Gasteiger partial charge in [0.2, 0.25) is 5.91 Å². The summed E-state index contributed by atoms with van der Waals surface area (Å²) in [5.41, 5.74) is 1.05. The van der Waals surface area contributed by atoms with E-state index in [0.29, 0.717) is 32.1 Å². The van der Waals surface area contributed by atoms with Crippen LogP contribution < -0.4 is 0 Å². The van der Waals surface area contributed by atoms with Crippen molar-refractivity contribution in [2.45, 2.75) is 25.0 Å². The molecule has 0 saturated carbocycles. The van der Waals surface area contributed by atoms with Crippen LogP contribution in [0.4, 0.5) is 0 Å². The second-order valence-corrected chi connectivity index (χ2v) is 6.55. The van der Waals surface area contributed by atoms with E-state index in [9.17, 15) is 4.79 Å². The van der Waals surface area contributed by atoms with E-state index in [1.54, 1.807) is 0 Å². The third kappa shape index (κ3) is 3.96. The highest BCUT2D eigenvalue weighted by Crippen LogP contribution is 2.24. The molecule has 0 spiro atoms. The van der Waals surface area contributed by atoms with Crippen LogP contribution in [-0.2, 0) is 16.1 Å². The quantitative estimate of drug-likeness (QED) is 0.751. The number of amides is 1. The van der Waals surface area contributed by atoms with Gasteiger partial charge in [0.1, 0.15) is 0 Å². The SMILES string of the molecule is CCCn1c(SCC(=O)N2CCOCC2)nnc1-c1ccccc1. The topological polar surface area (TPSA) is 60.2 Å². The maximum atomic E-state index is 12.3. The van der Waals surface area contributed by atoms with E-state index in [2.05, 4.69) is 21.7 Å². The summed E-state index contributed by atoms with van der Waals surface area (Å²) < 4.78 is 7.39. The van der Waals surface area contributed by atoms with E-state index in [1.807, 2.05) is 35.2 Å². The van der Waals surface area contributed by atoms with Gasteiger partial charge in [-0.3, -0.25) is 4.79 Å². The normalized spacial score (nSPS) is 14.8. The maximum absolute atomic E-state index is 12.3. The molecule has 1 aromatic carbocycles. The first-order valence-corrected chi connectivity index (χ1v) is 9.25. The molecule has 6 nitrogen and oxygen atoms in total. The van der Waals surface area contributed by atoms with E-state index in [0.717, 1.165) is 29.5 Å². The maximum Gasteiger partial charge on any atom is 0.233 e. The van der Waals surface area contributed by atoms with Crippen molar-refractivity contribution < 1.29 is 9.53 Å². The molecule has 0 radical (unpaired) electrons. The van der Waals surface area contributed by atoms with Crippen LogP contribution in [0, 0.1) is 0 Å². The molecule has 24 heavy (non-hydrogen) atoms. The van der Waals surface area contributed by atoms with Gasteiger partial charge in [-0.15, -0.1) is 10.2 Å². The highest BCUT2D eigenvalue weighted by atomic mass is 32.2. The lowest BCUT2D eigenvalue weighted by molar-refractivity contribution is -0.132. The van der Waals surface area contributed by atoms with Crippen molar-refractivity contribution in [3.8, 4) is 11.4 Å². The first-order valence-electron chi connectivity index (χ1n) is 8.26. The molecule has 1 aliphatic heterocycles. The van der Waals surface area contributed by atoms with Crippen LogP contribution in [0.3, 0.4) is 0 Å². The fourth-order valence-electron chi connectivity index (χ4n) is 2.65. The molecule has 7 heteroatoms. The molecule has 2 heterocycles. The predicted octanol–water partition coefficient (Wildman–Crippen LogP) is 2.31. The van der Waals surface area contributed by atoms with Gasteiger partial charge in [0.05, 0.1) is 19.0 Å². The van der Waals surface area contributed by atoms with Gasteiger partial charge < -0.3 is 14.2 Å². The molecular formula is C17H22N4O2S. The first-order chi connectivity index (χ1) is 11.8. The summed E-state index contributed by atoms with van der Waals surface area (Å²) in [5, 5.41) is 9.45. The Bertz CT molecular complexity index is 668. The Kier molecular flexibility index (Phi) is 5.87. The minimum atomic E-state index is 0.135. The molecule has 3 rings (SSSR count). The van der Waals surface area contributed by atoms with Crippen LogP contribution in [0.5, 0.6) is 0 Å². The molecule has 0 atom stereocenters. The van der Waals surface area contributed by atoms with Gasteiger partial charge in [-0.2, -0.15) is 0 Å². The van der Waals surface area contributed by atoms with E-state index in [4.69, 9.17) is 4.74 Å². The molecule has 1 aliphatic rings. The van der Waals surface area contributed by atoms with Crippen LogP contribution in [0.1, 0.15) is 13.3 Å². The standard InChI is InChI=1S/C17H22N4O2S/c1-2-8-21-16(14-6-4-3-5-7-14)18-19-17(21)24-13-15(22)20-9-11-23-12-10-20/h3-7H,2,8-13H2,1H3. The molecule has 1 aromatic heterocycles. The van der Waals surface area contributed by atoms with Gasteiger partial charge >= 0.3 is 0 Å². The molecule has 2 aromatic rings. The number of aromatic nitrogens is 3. The third-order valence-corrected chi connectivity index (χ3v) is 4.84. The molecule has 128 valence electrons. The first kappa shape index (κ1) is 17.0. The number of carbonyl (C=O) groups is 1. The number of hydrogen-bond donors (Lipinski definition) is 0. The lowest BCUT2D eigenvalue weighted by Gasteiger charge is -2.26. The molecule has 0 N–H and O–H groups in total. The molecule has 0 aliphatic carbocycles. The molecule has 1 saturated heterocycles. The van der Waals surface area contributed by atoms with Crippen LogP contribution in [0.15, 0.2) is 35.5 Å². The zero-order valence-corrected chi connectivity index (χ0v) is 14.7. The summed E-state index contributed by atoms with van der Waals surface area (Å²) >= 11 is 1.46. The summed E-state index contributed by atoms with van der Waals surface area (Å²) in [5.74, 6) is 1.38. The number of morpholine rings is 1. The number of nitrogens with zero attached hydrogens (tertiary/aromatic N) is 4. The largest absolute Gasteiger partial charge is 0.378 e. The van der Waals surface area contributed by atoms with Gasteiger partial charge in [-0.25, -0.2) is 0 Å². The Morgan fingerprint density at radius 2 is 1.96 bits per heavy atom. The molecule has 1 fully saturated rings. The predicted molar refractivity (Wildman–Crippen MR) is 93.9 cm³/mol. The Balaban J connectivity index is 1.71. The van der Waals surface area contributed by atoms with Crippen molar-refractivity contribution in [1.29, 1.82) is 0 Å². The number of thioether (sulfide) groups is 1. The summed E-state index contributed by atoms with van der Waals surface area (Å²) in [6.45, 7) is 5.57. The van der Waals surface area contributed by atoms with Crippen LogP contribution in [0.25, 0.3) is 11.4 Å². The molecular weight excluding hydrogens is 324 g/mol. The average molecular weight is 346 g/mol. The fourth-order valence-corrected chi connectivity index (χ4v) is 3.52. The smallest absolute Gasteiger partial charge is 0.233 e. The van der Waals surface area contributed by atoms with Crippen molar-refractivity contribution in [3.63, 3.8) is 0 Å². The van der Waals surface area contributed by atoms with Gasteiger partial charge in [-0.1, -0.05) is 49.0 Å². The van der Waals surface area contributed by atoms with Crippen LogP contribution in [-0.4, -0.2) is 57.6 Å². The summed E-state index contributed by atoms with van der Waals surface area (Å²) in [6.07, 6.45) is 0.989. The number of ether oxygens (including phenoxy) is 1. The minimum Gasteiger partial charge on any atom is -0.378 e. The zero-order chi connectivity index (χ0) is 16.8. The van der Waals surface area contributed by atoms with Crippen molar-refractivity contribution in [2.75, 3.05) is 32.1 Å². The highest BCUT2D eigenvalue weighted by Gasteiger charge is 2.19. The van der Waals surface area contributed by atoms with Gasteiger partial charge in [0.15, 0.2) is 11.0 Å². The third-order valence-electron chi connectivity index (χ3n) is 3.88.